The Morgan fingerprint density at radius 2 is 1.80 bits per heavy atom. The zero-order chi connectivity index (χ0) is 27.9. The van der Waals surface area contributed by atoms with Gasteiger partial charge in [0.2, 0.25) is 5.13 Å². The number of nitrogens with zero attached hydrogens (tertiary/aromatic N) is 5. The van der Waals surface area contributed by atoms with E-state index in [-0.39, 0.29) is 17.6 Å². The Morgan fingerprint density at radius 1 is 1.02 bits per heavy atom. The molecule has 0 aliphatic carbocycles. The molecule has 0 saturated carbocycles. The Morgan fingerprint density at radius 3 is 2.63 bits per heavy atom. The number of piperidine rings is 1. The molecule has 1 N–H and O–H groups in total. The maximum Gasteiger partial charge on any atom is 0.326 e. The van der Waals surface area contributed by atoms with Gasteiger partial charge < -0.3 is 9.88 Å². The summed E-state index contributed by atoms with van der Waals surface area (Å²) in [5, 5.41) is 9.83. The van der Waals surface area contributed by atoms with Crippen molar-refractivity contribution in [3.63, 3.8) is 0 Å². The van der Waals surface area contributed by atoms with Gasteiger partial charge in [-0.2, -0.15) is 5.10 Å². The monoisotopic (exact) mass is 562 g/mol. The number of benzene rings is 3. The van der Waals surface area contributed by atoms with E-state index in [1.165, 1.54) is 22.1 Å². The number of amides is 1. The fraction of sp³-hybridized carbons (Fsp3) is 0.250. The van der Waals surface area contributed by atoms with Crippen molar-refractivity contribution in [2.24, 2.45) is 0 Å². The fourth-order valence-corrected chi connectivity index (χ4v) is 6.79. The highest BCUT2D eigenvalue weighted by Crippen LogP contribution is 2.30. The Hall–Kier alpha value is -4.50. The largest absolute Gasteiger partial charge is 0.338 e. The third-order valence-corrected chi connectivity index (χ3v) is 8.86. The van der Waals surface area contributed by atoms with Crippen LogP contribution in [0.3, 0.4) is 0 Å². The molecular weight excluding hydrogens is 532 g/mol. The number of nitrogens with one attached hydrogen (secondary N) is 1. The van der Waals surface area contributed by atoms with Crippen molar-refractivity contribution in [3.05, 3.63) is 100 Å². The van der Waals surface area contributed by atoms with Crippen LogP contribution in [-0.2, 0) is 6.42 Å². The molecule has 1 aliphatic heterocycles. The number of rotatable bonds is 6. The molecule has 8 nitrogen and oxygen atoms in total. The van der Waals surface area contributed by atoms with Crippen LogP contribution in [-0.4, -0.2) is 48.2 Å². The molecule has 1 fully saturated rings. The number of carbonyl (C=O) groups excluding carboxylic acids is 1. The van der Waals surface area contributed by atoms with E-state index in [2.05, 4.69) is 52.7 Å². The number of fused-ring (bicyclic) bond motifs is 2. The molecule has 206 valence electrons. The lowest BCUT2D eigenvalue weighted by Gasteiger charge is -2.32. The molecule has 0 atom stereocenters. The predicted molar refractivity (Wildman–Crippen MR) is 163 cm³/mol. The number of carbonyl (C=O) groups is 1. The molecule has 7 rings (SSSR count). The lowest BCUT2D eigenvalue weighted by atomic mass is 10.0. The molecule has 0 unspecified atom stereocenters. The lowest BCUT2D eigenvalue weighted by Crippen LogP contribution is -2.40. The number of hydrogen-bond acceptors (Lipinski definition) is 5. The second-order valence-corrected chi connectivity index (χ2v) is 11.4. The summed E-state index contributed by atoms with van der Waals surface area (Å²) in [7, 11) is 0. The summed E-state index contributed by atoms with van der Waals surface area (Å²) in [5.41, 5.74) is 5.16. The smallest absolute Gasteiger partial charge is 0.326 e. The first kappa shape index (κ1) is 25.5. The van der Waals surface area contributed by atoms with E-state index in [0.29, 0.717) is 18.7 Å². The van der Waals surface area contributed by atoms with E-state index < -0.39 is 0 Å². The van der Waals surface area contributed by atoms with Crippen LogP contribution in [0.2, 0.25) is 0 Å². The zero-order valence-electron chi connectivity index (χ0n) is 22.8. The van der Waals surface area contributed by atoms with Gasteiger partial charge in [0.1, 0.15) is 0 Å². The lowest BCUT2D eigenvalue weighted by molar-refractivity contribution is 0.0694. The Kier molecular flexibility index (Phi) is 6.51. The van der Waals surface area contributed by atoms with Gasteiger partial charge in [-0.3, -0.25) is 9.36 Å². The first-order chi connectivity index (χ1) is 20.1. The van der Waals surface area contributed by atoms with Crippen molar-refractivity contribution in [3.8, 4) is 16.4 Å². The Bertz CT molecular complexity index is 1940. The molecule has 9 heteroatoms. The molecular formula is C32H30N6O2S. The quantitative estimate of drug-likeness (QED) is 0.261. The number of thiazole rings is 1. The molecule has 0 bridgehead atoms. The van der Waals surface area contributed by atoms with Crippen LogP contribution >= 0.6 is 11.3 Å². The van der Waals surface area contributed by atoms with Crippen LogP contribution in [0.4, 0.5) is 0 Å². The van der Waals surface area contributed by atoms with E-state index in [0.717, 1.165) is 58.8 Å². The van der Waals surface area contributed by atoms with Crippen LogP contribution in [0.15, 0.2) is 83.1 Å². The second kappa shape index (κ2) is 10.5. The van der Waals surface area contributed by atoms with Crippen molar-refractivity contribution < 1.29 is 4.79 Å². The molecule has 6 aromatic rings. The first-order valence-corrected chi connectivity index (χ1v) is 15.0. The van der Waals surface area contributed by atoms with Gasteiger partial charge in [-0.1, -0.05) is 61.9 Å². The van der Waals surface area contributed by atoms with Gasteiger partial charge in [0, 0.05) is 30.1 Å². The first-order valence-electron chi connectivity index (χ1n) is 14.1. The number of hydrogen-bond donors (Lipinski definition) is 1. The minimum absolute atomic E-state index is 0.00395. The van der Waals surface area contributed by atoms with Crippen molar-refractivity contribution in [2.45, 2.75) is 38.6 Å². The van der Waals surface area contributed by atoms with E-state index in [1.54, 1.807) is 6.20 Å². The average Bonchev–Trinajstić information content (AvgIpc) is 3.73. The molecule has 4 heterocycles. The van der Waals surface area contributed by atoms with Crippen molar-refractivity contribution in [2.75, 3.05) is 13.1 Å². The van der Waals surface area contributed by atoms with E-state index in [9.17, 15) is 9.59 Å². The fourth-order valence-electron chi connectivity index (χ4n) is 5.97. The van der Waals surface area contributed by atoms with Crippen LogP contribution in [0, 0.1) is 0 Å². The minimum Gasteiger partial charge on any atom is -0.338 e. The van der Waals surface area contributed by atoms with Gasteiger partial charge in [-0.25, -0.2) is 14.5 Å². The summed E-state index contributed by atoms with van der Waals surface area (Å²) in [4.78, 5) is 36.2. The summed E-state index contributed by atoms with van der Waals surface area (Å²) in [6.07, 6.45) is 4.77. The Labute approximate surface area is 240 Å². The second-order valence-electron chi connectivity index (χ2n) is 10.6. The maximum absolute atomic E-state index is 13.7. The highest BCUT2D eigenvalue weighted by atomic mass is 32.1. The topological polar surface area (TPSA) is 88.8 Å². The molecule has 0 spiro atoms. The summed E-state index contributed by atoms with van der Waals surface area (Å²) >= 11 is 1.53. The van der Waals surface area contributed by atoms with Gasteiger partial charge in [0.15, 0.2) is 0 Å². The van der Waals surface area contributed by atoms with Crippen LogP contribution < -0.4 is 5.69 Å². The summed E-state index contributed by atoms with van der Waals surface area (Å²) < 4.78 is 3.69. The minimum atomic E-state index is -0.0889. The highest BCUT2D eigenvalue weighted by molar-refractivity contribution is 7.12. The summed E-state index contributed by atoms with van der Waals surface area (Å²) in [6.45, 7) is 3.30. The number of aromatic nitrogens is 5. The SMILES string of the molecule is CCCc1c(C(=O)N2CCC(n3c(=O)[nH]c4ccccc43)CC2)cnn1-c1nc(-c2ccc3ccccc3c2)cs1. The summed E-state index contributed by atoms with van der Waals surface area (Å²) in [5.74, 6) is -0.00395. The number of para-hydroxylation sites is 2. The van der Waals surface area contributed by atoms with Crippen LogP contribution in [0.5, 0.6) is 0 Å². The van der Waals surface area contributed by atoms with Crippen LogP contribution in [0.25, 0.3) is 38.2 Å². The zero-order valence-corrected chi connectivity index (χ0v) is 23.6. The average molecular weight is 563 g/mol. The standard InChI is InChI=1S/C32H30N6O2S/c1-2-7-28-25(30(39)36-16-14-24(15-17-36)37-29-11-6-5-10-26(29)34-31(37)40)19-33-38(28)32-35-27(20-41-32)23-13-12-21-8-3-4-9-22(21)18-23/h3-6,8-13,18-20,24H,2,7,14-17H2,1H3,(H,34,40). The highest BCUT2D eigenvalue weighted by Gasteiger charge is 2.29. The van der Waals surface area contributed by atoms with Gasteiger partial charge >= 0.3 is 5.69 Å². The van der Waals surface area contributed by atoms with Gasteiger partial charge in [-0.15, -0.1) is 11.3 Å². The van der Waals surface area contributed by atoms with Crippen LogP contribution in [0.1, 0.15) is 48.3 Å². The van der Waals surface area contributed by atoms with Gasteiger partial charge in [-0.05, 0) is 48.2 Å². The van der Waals surface area contributed by atoms with E-state index in [4.69, 9.17) is 4.98 Å². The number of imidazole rings is 1. The molecule has 0 radical (unpaired) electrons. The number of aromatic amines is 1. The maximum atomic E-state index is 13.7. The van der Waals surface area contributed by atoms with Gasteiger partial charge in [0.05, 0.1) is 34.2 Å². The molecule has 1 aliphatic rings. The molecule has 41 heavy (non-hydrogen) atoms. The molecule has 1 saturated heterocycles. The number of likely N-dealkylation sites (tertiary alicyclic amines) is 1. The van der Waals surface area contributed by atoms with Crippen molar-refractivity contribution >= 4 is 39.0 Å². The molecule has 3 aromatic heterocycles. The van der Waals surface area contributed by atoms with E-state index >= 15 is 0 Å². The molecule has 1 amide bonds. The van der Waals surface area contributed by atoms with Crippen molar-refractivity contribution in [1.82, 2.24) is 29.2 Å². The van der Waals surface area contributed by atoms with Gasteiger partial charge in [0.25, 0.3) is 5.91 Å². The van der Waals surface area contributed by atoms with E-state index in [1.807, 2.05) is 50.5 Å². The predicted octanol–water partition coefficient (Wildman–Crippen LogP) is 6.22. The third kappa shape index (κ3) is 4.56. The number of H-pyrrole nitrogens is 1. The third-order valence-electron chi connectivity index (χ3n) is 8.05. The normalized spacial score (nSPS) is 14.3. The van der Waals surface area contributed by atoms with Crippen molar-refractivity contribution in [1.29, 1.82) is 0 Å². The Balaban J connectivity index is 1.12. The molecule has 3 aromatic carbocycles. The summed E-state index contributed by atoms with van der Waals surface area (Å²) in [6, 6.07) is 22.5.